The fourth-order valence-corrected chi connectivity index (χ4v) is 4.91. The number of amides is 1. The lowest BCUT2D eigenvalue weighted by Gasteiger charge is -2.44. The quantitative estimate of drug-likeness (QED) is 0.623. The number of benzene rings is 2. The largest absolute Gasteiger partial charge is 0.497 e. The van der Waals surface area contributed by atoms with Gasteiger partial charge in [0.15, 0.2) is 0 Å². The molecular weight excluding hydrogens is 456 g/mol. The molecule has 8 heteroatoms. The van der Waals surface area contributed by atoms with E-state index in [1.807, 2.05) is 48.5 Å². The average Bonchev–Trinajstić information content (AvgIpc) is 2.83. The Hall–Kier alpha value is -2.16. The molecule has 0 aromatic heterocycles. The number of fused-ring (bicyclic) bond motifs is 1. The van der Waals surface area contributed by atoms with Gasteiger partial charge in [-0.05, 0) is 42.2 Å². The van der Waals surface area contributed by atoms with Crippen molar-refractivity contribution in [2.24, 2.45) is 0 Å². The Morgan fingerprint density at radius 2 is 1.97 bits per heavy atom. The Morgan fingerprint density at radius 1 is 1.18 bits per heavy atom. The van der Waals surface area contributed by atoms with E-state index in [9.17, 15) is 9.90 Å². The fraction of sp³-hybridized carbons (Fsp3) is 0.500. The molecule has 2 heterocycles. The zero-order chi connectivity index (χ0) is 23.9. The molecular formula is C26H33ClN2O5. The average molecular weight is 489 g/mol. The summed E-state index contributed by atoms with van der Waals surface area (Å²) in [6.07, 6.45) is 1.08. The maximum Gasteiger partial charge on any atom is 0.222 e. The standard InChI is InChI=1S/C26H33ClN2O5/c1-32-21-8-6-18(7-9-21)14-29-15-20(30)16-33-17-25-24(29)11-10-22(34-25)12-26(31)28-13-19-4-2-3-5-23(19)27/h2-9,20,22,24-25,30H,10-17H2,1H3,(H,28,31)/t20-,22+,24-,25+/m0/s1. The lowest BCUT2D eigenvalue weighted by atomic mass is 9.94. The molecule has 0 radical (unpaired) electrons. The molecule has 2 fully saturated rings. The predicted molar refractivity (Wildman–Crippen MR) is 130 cm³/mol. The van der Waals surface area contributed by atoms with Crippen molar-refractivity contribution in [3.63, 3.8) is 0 Å². The van der Waals surface area contributed by atoms with Gasteiger partial charge < -0.3 is 24.6 Å². The van der Waals surface area contributed by atoms with Crippen LogP contribution in [-0.2, 0) is 27.4 Å². The number of halogens is 1. The van der Waals surface area contributed by atoms with Crippen LogP contribution in [-0.4, -0.2) is 67.1 Å². The molecule has 4 atom stereocenters. The Bertz CT molecular complexity index is 941. The minimum absolute atomic E-state index is 0.0550. The van der Waals surface area contributed by atoms with Gasteiger partial charge in [-0.2, -0.15) is 0 Å². The molecule has 2 aromatic carbocycles. The van der Waals surface area contributed by atoms with Crippen LogP contribution >= 0.6 is 11.6 Å². The second-order valence-electron chi connectivity index (χ2n) is 8.98. The first-order chi connectivity index (χ1) is 16.5. The Balaban J connectivity index is 1.35. The molecule has 2 aliphatic heterocycles. The number of hydrogen-bond acceptors (Lipinski definition) is 6. The number of nitrogens with one attached hydrogen (secondary N) is 1. The molecule has 2 aliphatic rings. The maximum atomic E-state index is 12.6. The van der Waals surface area contributed by atoms with Crippen LogP contribution in [0.2, 0.25) is 5.02 Å². The monoisotopic (exact) mass is 488 g/mol. The van der Waals surface area contributed by atoms with E-state index in [0.29, 0.717) is 37.7 Å². The summed E-state index contributed by atoms with van der Waals surface area (Å²) in [6.45, 7) is 2.29. The molecule has 34 heavy (non-hydrogen) atoms. The number of aliphatic hydroxyl groups is 1. The molecule has 0 unspecified atom stereocenters. The van der Waals surface area contributed by atoms with E-state index in [0.717, 1.165) is 29.7 Å². The highest BCUT2D eigenvalue weighted by Gasteiger charge is 2.38. The van der Waals surface area contributed by atoms with E-state index in [1.54, 1.807) is 7.11 Å². The summed E-state index contributed by atoms with van der Waals surface area (Å²) in [6, 6.07) is 15.6. The van der Waals surface area contributed by atoms with Gasteiger partial charge in [-0.25, -0.2) is 0 Å². The third kappa shape index (κ3) is 6.71. The van der Waals surface area contributed by atoms with Crippen LogP contribution in [0, 0.1) is 0 Å². The van der Waals surface area contributed by atoms with Crippen molar-refractivity contribution < 1.29 is 24.1 Å². The highest BCUT2D eigenvalue weighted by molar-refractivity contribution is 6.31. The van der Waals surface area contributed by atoms with Crippen LogP contribution in [0.3, 0.4) is 0 Å². The van der Waals surface area contributed by atoms with Crippen LogP contribution in [0.25, 0.3) is 0 Å². The molecule has 0 saturated carbocycles. The fourth-order valence-electron chi connectivity index (χ4n) is 4.71. The second kappa shape index (κ2) is 12.0. The molecule has 4 rings (SSSR count). The number of rotatable bonds is 7. The first-order valence-corrected chi connectivity index (χ1v) is 12.2. The normalized spacial score (nSPS) is 25.6. The SMILES string of the molecule is COc1ccc(CN2C[C@H](O)COC[C@H]3O[C@@H](CC(=O)NCc4ccccc4Cl)CC[C@@H]32)cc1. The smallest absolute Gasteiger partial charge is 0.222 e. The van der Waals surface area contributed by atoms with E-state index in [1.165, 1.54) is 0 Å². The van der Waals surface area contributed by atoms with E-state index >= 15 is 0 Å². The molecule has 1 amide bonds. The minimum Gasteiger partial charge on any atom is -0.497 e. The van der Waals surface area contributed by atoms with Crippen molar-refractivity contribution in [3.05, 3.63) is 64.7 Å². The summed E-state index contributed by atoms with van der Waals surface area (Å²) in [5.41, 5.74) is 2.04. The molecule has 2 saturated heterocycles. The van der Waals surface area contributed by atoms with Crippen molar-refractivity contribution in [2.75, 3.05) is 26.9 Å². The highest BCUT2D eigenvalue weighted by Crippen LogP contribution is 2.29. The Labute approximate surface area is 205 Å². The zero-order valence-electron chi connectivity index (χ0n) is 19.5. The van der Waals surface area contributed by atoms with E-state index in [4.69, 9.17) is 25.8 Å². The van der Waals surface area contributed by atoms with E-state index in [-0.39, 0.29) is 30.8 Å². The molecule has 0 bridgehead atoms. The number of aliphatic hydroxyl groups excluding tert-OH is 1. The maximum absolute atomic E-state index is 12.6. The summed E-state index contributed by atoms with van der Waals surface area (Å²) in [4.78, 5) is 14.8. The first-order valence-electron chi connectivity index (χ1n) is 11.8. The number of carbonyl (C=O) groups is 1. The summed E-state index contributed by atoms with van der Waals surface area (Å²) < 4.78 is 17.3. The van der Waals surface area contributed by atoms with Gasteiger partial charge in [0.05, 0.1) is 45.1 Å². The summed E-state index contributed by atoms with van der Waals surface area (Å²) in [7, 11) is 1.65. The number of hydrogen-bond donors (Lipinski definition) is 2. The van der Waals surface area contributed by atoms with Crippen molar-refractivity contribution in [3.8, 4) is 5.75 Å². The third-order valence-electron chi connectivity index (χ3n) is 6.48. The van der Waals surface area contributed by atoms with Crippen LogP contribution in [0.1, 0.15) is 30.4 Å². The number of nitrogens with zero attached hydrogens (tertiary/aromatic N) is 1. The first kappa shape index (κ1) is 24.9. The molecule has 0 aliphatic carbocycles. The number of carbonyl (C=O) groups excluding carboxylic acids is 1. The number of ether oxygens (including phenoxy) is 3. The second-order valence-corrected chi connectivity index (χ2v) is 9.39. The predicted octanol–water partition coefficient (Wildman–Crippen LogP) is 3.16. The number of methoxy groups -OCH3 is 1. The summed E-state index contributed by atoms with van der Waals surface area (Å²) in [5, 5.41) is 14.0. The van der Waals surface area contributed by atoms with E-state index in [2.05, 4.69) is 10.2 Å². The van der Waals surface area contributed by atoms with Gasteiger partial charge in [0, 0.05) is 30.7 Å². The Morgan fingerprint density at radius 3 is 2.74 bits per heavy atom. The van der Waals surface area contributed by atoms with Gasteiger partial charge in [-0.3, -0.25) is 9.69 Å². The highest BCUT2D eigenvalue weighted by atomic mass is 35.5. The summed E-state index contributed by atoms with van der Waals surface area (Å²) >= 11 is 6.18. The van der Waals surface area contributed by atoms with Crippen molar-refractivity contribution >= 4 is 17.5 Å². The van der Waals surface area contributed by atoms with Crippen molar-refractivity contribution in [1.82, 2.24) is 10.2 Å². The van der Waals surface area contributed by atoms with Crippen molar-refractivity contribution in [1.29, 1.82) is 0 Å². The van der Waals surface area contributed by atoms with Gasteiger partial charge in [-0.15, -0.1) is 0 Å². The Kier molecular flexibility index (Phi) is 8.80. The molecule has 0 spiro atoms. The van der Waals surface area contributed by atoms with Gasteiger partial charge in [0.25, 0.3) is 0 Å². The molecule has 2 N–H and O–H groups in total. The van der Waals surface area contributed by atoms with Crippen molar-refractivity contribution in [2.45, 2.75) is 56.7 Å². The van der Waals surface area contributed by atoms with Gasteiger partial charge in [-0.1, -0.05) is 41.9 Å². The topological polar surface area (TPSA) is 80.3 Å². The van der Waals surface area contributed by atoms with Crippen LogP contribution < -0.4 is 10.1 Å². The van der Waals surface area contributed by atoms with Gasteiger partial charge in [0.2, 0.25) is 5.91 Å². The van der Waals surface area contributed by atoms with Crippen LogP contribution in [0.5, 0.6) is 5.75 Å². The summed E-state index contributed by atoms with van der Waals surface area (Å²) in [5.74, 6) is 0.764. The van der Waals surface area contributed by atoms with Gasteiger partial charge in [0.1, 0.15) is 5.75 Å². The minimum atomic E-state index is -0.549. The molecule has 184 valence electrons. The molecule has 2 aromatic rings. The van der Waals surface area contributed by atoms with Crippen LogP contribution in [0.4, 0.5) is 0 Å². The van der Waals surface area contributed by atoms with E-state index < -0.39 is 6.10 Å². The van der Waals surface area contributed by atoms with Crippen LogP contribution in [0.15, 0.2) is 48.5 Å². The molecule has 7 nitrogen and oxygen atoms in total. The lowest BCUT2D eigenvalue weighted by molar-refractivity contribution is -0.158. The lowest BCUT2D eigenvalue weighted by Crippen LogP contribution is -2.55. The third-order valence-corrected chi connectivity index (χ3v) is 6.85. The zero-order valence-corrected chi connectivity index (χ0v) is 20.2. The van der Waals surface area contributed by atoms with Gasteiger partial charge >= 0.3 is 0 Å². The number of β-amino-alcohol motifs (C(OH)–C–C–N with tert-alkyl or cyclic N) is 1.